The summed E-state index contributed by atoms with van der Waals surface area (Å²) in [4.78, 5) is 36.4. The van der Waals surface area contributed by atoms with Gasteiger partial charge in [0.2, 0.25) is 5.91 Å². The number of carbonyl (C=O) groups is 3. The number of benzene rings is 2. The standard InChI is InChI=1S/C25H23F3N2O5/c1-2-3-12-21(23(33)30(13-22(31)32)15-25(26,27)28)29-24(34)35-14-20-18-10-6-4-8-16(18)17-9-5-7-11-19(17)20/h4-11,20-21H,12-15H2,1H3,(H,29,34)(H,31,32). The SMILES string of the molecule is CC#CCC(NC(=O)OCC1c2ccccc2-c2ccccc21)C(=O)N(CC(=O)O)CC(F)(F)F. The minimum Gasteiger partial charge on any atom is -0.480 e. The van der Waals surface area contributed by atoms with E-state index < -0.39 is 43.3 Å². The molecule has 2 amide bonds. The Morgan fingerprint density at radius 1 is 1.09 bits per heavy atom. The smallest absolute Gasteiger partial charge is 0.407 e. The Labute approximate surface area is 199 Å². The highest BCUT2D eigenvalue weighted by Gasteiger charge is 2.37. The lowest BCUT2D eigenvalue weighted by atomic mass is 9.98. The summed E-state index contributed by atoms with van der Waals surface area (Å²) < 4.78 is 44.1. The average Bonchev–Trinajstić information content (AvgIpc) is 3.12. The molecule has 0 saturated heterocycles. The van der Waals surface area contributed by atoms with Gasteiger partial charge in [0.05, 0.1) is 0 Å². The van der Waals surface area contributed by atoms with Crippen molar-refractivity contribution in [2.75, 3.05) is 19.7 Å². The number of alkyl halides is 3. The van der Waals surface area contributed by atoms with Gasteiger partial charge in [-0.05, 0) is 29.2 Å². The lowest BCUT2D eigenvalue weighted by Crippen LogP contribution is -2.52. The fourth-order valence-corrected chi connectivity index (χ4v) is 4.00. The summed E-state index contributed by atoms with van der Waals surface area (Å²) in [6.45, 7) is -1.57. The minimum atomic E-state index is -4.82. The molecule has 0 fully saturated rings. The molecule has 0 radical (unpaired) electrons. The first kappa shape index (κ1) is 25.6. The molecule has 0 aliphatic heterocycles. The summed E-state index contributed by atoms with van der Waals surface area (Å²) in [6, 6.07) is 13.8. The van der Waals surface area contributed by atoms with Crippen LogP contribution in [0.1, 0.15) is 30.4 Å². The molecular formula is C25H23F3N2O5. The molecule has 184 valence electrons. The van der Waals surface area contributed by atoms with E-state index in [1.165, 1.54) is 6.92 Å². The van der Waals surface area contributed by atoms with Crippen molar-refractivity contribution in [1.82, 2.24) is 10.2 Å². The van der Waals surface area contributed by atoms with Crippen molar-refractivity contribution >= 4 is 18.0 Å². The summed E-state index contributed by atoms with van der Waals surface area (Å²) >= 11 is 0. The van der Waals surface area contributed by atoms with Crippen LogP contribution in [0.5, 0.6) is 0 Å². The number of hydrogen-bond acceptors (Lipinski definition) is 4. The van der Waals surface area contributed by atoms with Crippen LogP contribution in [-0.2, 0) is 14.3 Å². The summed E-state index contributed by atoms with van der Waals surface area (Å²) in [7, 11) is 0. The highest BCUT2D eigenvalue weighted by atomic mass is 19.4. The number of carbonyl (C=O) groups excluding carboxylic acids is 2. The van der Waals surface area contributed by atoms with Crippen molar-refractivity contribution < 1.29 is 37.4 Å². The van der Waals surface area contributed by atoms with E-state index in [0.29, 0.717) is 0 Å². The molecule has 35 heavy (non-hydrogen) atoms. The predicted octanol–water partition coefficient (Wildman–Crippen LogP) is 3.78. The molecule has 2 aromatic carbocycles. The molecule has 0 spiro atoms. The molecule has 2 aromatic rings. The van der Waals surface area contributed by atoms with Crippen molar-refractivity contribution in [2.45, 2.75) is 31.5 Å². The number of ether oxygens (including phenoxy) is 1. The van der Waals surface area contributed by atoms with Gasteiger partial charge in [-0.25, -0.2) is 4.79 Å². The molecule has 0 aromatic heterocycles. The third-order valence-electron chi connectivity index (χ3n) is 5.42. The van der Waals surface area contributed by atoms with E-state index in [1.807, 2.05) is 48.5 Å². The average molecular weight is 488 g/mol. The Hall–Kier alpha value is -4.00. The van der Waals surface area contributed by atoms with E-state index in [0.717, 1.165) is 22.3 Å². The number of rotatable bonds is 8. The number of fused-ring (bicyclic) bond motifs is 3. The number of hydrogen-bond donors (Lipinski definition) is 2. The van der Waals surface area contributed by atoms with Crippen LogP contribution in [0, 0.1) is 11.8 Å². The number of carboxylic acid groups (broad SMARTS) is 1. The zero-order valence-corrected chi connectivity index (χ0v) is 18.8. The second-order valence-corrected chi connectivity index (χ2v) is 7.86. The second-order valence-electron chi connectivity index (χ2n) is 7.86. The van der Waals surface area contributed by atoms with E-state index in [-0.39, 0.29) is 23.8 Å². The Kier molecular flexibility index (Phi) is 8.02. The molecule has 1 unspecified atom stereocenters. The number of alkyl carbamates (subject to hydrolysis) is 1. The largest absolute Gasteiger partial charge is 0.480 e. The van der Waals surface area contributed by atoms with Gasteiger partial charge < -0.3 is 20.1 Å². The fourth-order valence-electron chi connectivity index (χ4n) is 4.00. The van der Waals surface area contributed by atoms with Crippen LogP contribution in [0.2, 0.25) is 0 Å². The third kappa shape index (κ3) is 6.53. The van der Waals surface area contributed by atoms with Crippen molar-refractivity contribution in [2.24, 2.45) is 0 Å². The van der Waals surface area contributed by atoms with Crippen molar-refractivity contribution in [3.8, 4) is 23.0 Å². The molecule has 0 saturated carbocycles. The number of nitrogens with zero attached hydrogens (tertiary/aromatic N) is 1. The first-order valence-electron chi connectivity index (χ1n) is 10.7. The van der Waals surface area contributed by atoms with Crippen LogP contribution in [-0.4, -0.2) is 59.9 Å². The van der Waals surface area contributed by atoms with Gasteiger partial charge >= 0.3 is 18.2 Å². The van der Waals surface area contributed by atoms with Crippen LogP contribution in [0.3, 0.4) is 0 Å². The first-order valence-corrected chi connectivity index (χ1v) is 10.7. The number of nitrogens with one attached hydrogen (secondary N) is 1. The summed E-state index contributed by atoms with van der Waals surface area (Å²) in [5.41, 5.74) is 3.95. The van der Waals surface area contributed by atoms with E-state index in [1.54, 1.807) is 0 Å². The normalized spacial score (nSPS) is 13.0. The topological polar surface area (TPSA) is 95.9 Å². The number of aliphatic carboxylic acids is 1. The molecule has 0 heterocycles. The molecule has 2 N–H and O–H groups in total. The minimum absolute atomic E-state index is 0.0678. The summed E-state index contributed by atoms with van der Waals surface area (Å²) in [5, 5.41) is 11.2. The van der Waals surface area contributed by atoms with Gasteiger partial charge in [-0.15, -0.1) is 11.8 Å². The van der Waals surface area contributed by atoms with Gasteiger partial charge in [-0.2, -0.15) is 13.2 Å². The molecule has 1 atom stereocenters. The maximum absolute atomic E-state index is 12.9. The molecule has 10 heteroatoms. The fraction of sp³-hybridized carbons (Fsp3) is 0.320. The highest BCUT2D eigenvalue weighted by Crippen LogP contribution is 2.44. The molecule has 3 rings (SSSR count). The van der Waals surface area contributed by atoms with Crippen molar-refractivity contribution in [1.29, 1.82) is 0 Å². The first-order chi connectivity index (χ1) is 16.6. The number of halogens is 3. The molecule has 0 bridgehead atoms. The number of amides is 2. The summed E-state index contributed by atoms with van der Waals surface area (Å²) in [5.74, 6) is 1.93. The van der Waals surface area contributed by atoms with Gasteiger partial charge in [-0.1, -0.05) is 48.5 Å². The van der Waals surface area contributed by atoms with Crippen LogP contribution >= 0.6 is 0 Å². The molecule has 1 aliphatic carbocycles. The Morgan fingerprint density at radius 3 is 2.17 bits per heavy atom. The molecule has 7 nitrogen and oxygen atoms in total. The highest BCUT2D eigenvalue weighted by molar-refractivity contribution is 5.88. The zero-order valence-electron chi connectivity index (χ0n) is 18.8. The van der Waals surface area contributed by atoms with E-state index >= 15 is 0 Å². The van der Waals surface area contributed by atoms with E-state index in [2.05, 4.69) is 17.2 Å². The van der Waals surface area contributed by atoms with Gasteiger partial charge in [0, 0.05) is 12.3 Å². The van der Waals surface area contributed by atoms with Crippen molar-refractivity contribution in [3.63, 3.8) is 0 Å². The molecular weight excluding hydrogens is 465 g/mol. The van der Waals surface area contributed by atoms with E-state index in [4.69, 9.17) is 9.84 Å². The quantitative estimate of drug-likeness (QED) is 0.552. The van der Waals surface area contributed by atoms with Gasteiger partial charge in [-0.3, -0.25) is 9.59 Å². The molecule has 1 aliphatic rings. The summed E-state index contributed by atoms with van der Waals surface area (Å²) in [6.07, 6.45) is -6.16. The van der Waals surface area contributed by atoms with Gasteiger partial charge in [0.1, 0.15) is 25.7 Å². The Bertz CT molecular complexity index is 1120. The number of carboxylic acids is 1. The predicted molar refractivity (Wildman–Crippen MR) is 120 cm³/mol. The second kappa shape index (κ2) is 11.0. The maximum Gasteiger partial charge on any atom is 0.407 e. The van der Waals surface area contributed by atoms with Gasteiger partial charge in [0.25, 0.3) is 0 Å². The Morgan fingerprint density at radius 2 is 1.66 bits per heavy atom. The monoisotopic (exact) mass is 488 g/mol. The van der Waals surface area contributed by atoms with Crippen LogP contribution in [0.15, 0.2) is 48.5 Å². The Balaban J connectivity index is 1.72. The third-order valence-corrected chi connectivity index (χ3v) is 5.42. The zero-order chi connectivity index (χ0) is 25.6. The lowest BCUT2D eigenvalue weighted by molar-refractivity contribution is -0.166. The van der Waals surface area contributed by atoms with Crippen LogP contribution < -0.4 is 5.32 Å². The van der Waals surface area contributed by atoms with Crippen molar-refractivity contribution in [3.05, 3.63) is 59.7 Å². The van der Waals surface area contributed by atoms with Gasteiger partial charge in [0.15, 0.2) is 0 Å². The maximum atomic E-state index is 12.9. The van der Waals surface area contributed by atoms with E-state index in [9.17, 15) is 27.6 Å². The van der Waals surface area contributed by atoms with Crippen LogP contribution in [0.25, 0.3) is 11.1 Å². The lowest BCUT2D eigenvalue weighted by Gasteiger charge is -2.26. The van der Waals surface area contributed by atoms with Crippen LogP contribution in [0.4, 0.5) is 18.0 Å².